The van der Waals surface area contributed by atoms with Gasteiger partial charge >= 0.3 is 0 Å². The number of aromatic nitrogens is 3. The zero-order valence-electron chi connectivity index (χ0n) is 18.5. The minimum atomic E-state index is -1.19. The molecule has 0 saturated heterocycles. The maximum Gasteiger partial charge on any atom is 0.255 e. The number of anilines is 1. The van der Waals surface area contributed by atoms with Crippen molar-refractivity contribution in [1.82, 2.24) is 14.8 Å². The zero-order valence-corrected chi connectivity index (χ0v) is 19.3. The monoisotopic (exact) mass is 473 g/mol. The second kappa shape index (κ2) is 10.2. The molecular formula is C25H21N4O4S-. The van der Waals surface area contributed by atoms with Crippen LogP contribution in [0.25, 0.3) is 17.1 Å². The van der Waals surface area contributed by atoms with Gasteiger partial charge in [-0.3, -0.25) is 9.36 Å². The second-order valence-electron chi connectivity index (χ2n) is 7.32. The van der Waals surface area contributed by atoms with Gasteiger partial charge in [0, 0.05) is 27.8 Å². The van der Waals surface area contributed by atoms with Gasteiger partial charge in [0.2, 0.25) is 0 Å². The van der Waals surface area contributed by atoms with Crippen molar-refractivity contribution in [1.29, 1.82) is 0 Å². The number of nitrogens with one attached hydrogen (secondary N) is 1. The molecule has 3 aromatic carbocycles. The maximum absolute atomic E-state index is 12.4. The Bertz CT molecular complexity index is 1290. The Hall–Kier alpha value is -4.11. The molecule has 0 spiro atoms. The highest BCUT2D eigenvalue weighted by Crippen LogP contribution is 2.31. The summed E-state index contributed by atoms with van der Waals surface area (Å²) in [6.45, 7) is 1.54. The number of carboxylic acids is 1. The van der Waals surface area contributed by atoms with E-state index >= 15 is 0 Å². The number of methoxy groups -OCH3 is 1. The predicted molar refractivity (Wildman–Crippen MR) is 128 cm³/mol. The lowest BCUT2D eigenvalue weighted by molar-refractivity contribution is -0.304. The van der Waals surface area contributed by atoms with E-state index in [-0.39, 0.29) is 5.91 Å². The first-order chi connectivity index (χ1) is 16.5. The van der Waals surface area contributed by atoms with E-state index in [0.717, 1.165) is 23.0 Å². The molecule has 9 heteroatoms. The molecule has 8 nitrogen and oxygen atoms in total. The fraction of sp³-hybridized carbons (Fsp3) is 0.120. The third kappa shape index (κ3) is 5.10. The highest BCUT2D eigenvalue weighted by molar-refractivity contribution is 8.00. The van der Waals surface area contributed by atoms with E-state index in [4.69, 9.17) is 4.74 Å². The Kier molecular flexibility index (Phi) is 6.93. The van der Waals surface area contributed by atoms with Crippen LogP contribution >= 0.6 is 11.8 Å². The standard InChI is InChI=1S/C25H22N4O4S/c1-16(24(31)32)34-25-28-27-22(29(25)20-12-14-21(33-2)15-13-20)17-8-10-19(11-9-17)26-23(30)18-6-4-3-5-7-18/h3-16H,1-2H3,(H,26,30)(H,31,32)/p-1/t16-/m0/s1. The second-order valence-corrected chi connectivity index (χ2v) is 8.62. The van der Waals surface area contributed by atoms with Crippen molar-refractivity contribution in [2.75, 3.05) is 12.4 Å². The average Bonchev–Trinajstić information content (AvgIpc) is 3.28. The van der Waals surface area contributed by atoms with E-state index < -0.39 is 11.2 Å². The van der Waals surface area contributed by atoms with Gasteiger partial charge in [-0.15, -0.1) is 10.2 Å². The van der Waals surface area contributed by atoms with Crippen molar-refractivity contribution in [3.05, 3.63) is 84.4 Å². The van der Waals surface area contributed by atoms with Crippen LogP contribution in [0.4, 0.5) is 5.69 Å². The molecule has 4 rings (SSSR count). The maximum atomic E-state index is 12.4. The molecule has 0 radical (unpaired) electrons. The van der Waals surface area contributed by atoms with Crippen molar-refractivity contribution in [2.24, 2.45) is 0 Å². The van der Waals surface area contributed by atoms with Crippen molar-refractivity contribution in [3.63, 3.8) is 0 Å². The van der Waals surface area contributed by atoms with E-state index in [1.165, 1.54) is 6.92 Å². The molecule has 1 amide bonds. The summed E-state index contributed by atoms with van der Waals surface area (Å²) in [6, 6.07) is 23.4. The number of benzene rings is 3. The topological polar surface area (TPSA) is 109 Å². The van der Waals surface area contributed by atoms with E-state index in [0.29, 0.717) is 28.0 Å². The lowest BCUT2D eigenvalue weighted by Gasteiger charge is -2.14. The van der Waals surface area contributed by atoms with E-state index in [2.05, 4.69) is 15.5 Å². The molecule has 0 saturated carbocycles. The van der Waals surface area contributed by atoms with Gasteiger partial charge in [-0.1, -0.05) is 30.0 Å². The third-order valence-corrected chi connectivity index (χ3v) is 6.04. The van der Waals surface area contributed by atoms with Crippen LogP contribution in [-0.4, -0.2) is 39.0 Å². The minimum Gasteiger partial charge on any atom is -0.549 e. The Morgan fingerprint density at radius 2 is 1.65 bits per heavy atom. The first-order valence-electron chi connectivity index (χ1n) is 10.4. The van der Waals surface area contributed by atoms with Gasteiger partial charge in [0.1, 0.15) is 5.75 Å². The number of thioether (sulfide) groups is 1. The Labute approximate surface area is 200 Å². The summed E-state index contributed by atoms with van der Waals surface area (Å²) in [7, 11) is 1.58. The van der Waals surface area contributed by atoms with E-state index in [1.54, 1.807) is 60.2 Å². The Balaban J connectivity index is 1.65. The number of carbonyl (C=O) groups is 2. The first kappa shape index (κ1) is 23.1. The number of aliphatic carboxylic acids is 1. The summed E-state index contributed by atoms with van der Waals surface area (Å²) in [5.41, 5.74) is 2.69. The van der Waals surface area contributed by atoms with Crippen molar-refractivity contribution in [2.45, 2.75) is 17.3 Å². The quantitative estimate of drug-likeness (QED) is 0.391. The van der Waals surface area contributed by atoms with Gasteiger partial charge in [-0.2, -0.15) is 0 Å². The van der Waals surface area contributed by atoms with Gasteiger partial charge in [0.25, 0.3) is 5.91 Å². The first-order valence-corrected chi connectivity index (χ1v) is 11.3. The summed E-state index contributed by atoms with van der Waals surface area (Å²) >= 11 is 1.05. The predicted octanol–water partition coefficient (Wildman–Crippen LogP) is 3.43. The molecule has 4 aromatic rings. The Morgan fingerprint density at radius 1 is 0.971 bits per heavy atom. The molecule has 1 heterocycles. The van der Waals surface area contributed by atoms with Crippen molar-refractivity contribution < 1.29 is 19.4 Å². The van der Waals surface area contributed by atoms with Crippen molar-refractivity contribution >= 4 is 29.3 Å². The van der Waals surface area contributed by atoms with E-state index in [1.807, 2.05) is 30.3 Å². The van der Waals surface area contributed by atoms with Gasteiger partial charge in [0.15, 0.2) is 11.0 Å². The summed E-state index contributed by atoms with van der Waals surface area (Å²) < 4.78 is 7.02. The molecule has 1 N–H and O–H groups in total. The lowest BCUT2D eigenvalue weighted by Crippen LogP contribution is -2.31. The highest BCUT2D eigenvalue weighted by Gasteiger charge is 2.19. The molecule has 1 aromatic heterocycles. The molecule has 0 bridgehead atoms. The number of rotatable bonds is 8. The number of hydrogen-bond donors (Lipinski definition) is 1. The molecule has 0 aliphatic heterocycles. The van der Waals surface area contributed by atoms with Crippen LogP contribution in [0.3, 0.4) is 0 Å². The van der Waals surface area contributed by atoms with Crippen LogP contribution in [0.15, 0.2) is 84.0 Å². The SMILES string of the molecule is COc1ccc(-n2c(S[C@@H](C)C(=O)[O-])nnc2-c2ccc(NC(=O)c3ccccc3)cc2)cc1. The van der Waals surface area contributed by atoms with Crippen LogP contribution in [0.2, 0.25) is 0 Å². The fourth-order valence-corrected chi connectivity index (χ4v) is 4.00. The Morgan fingerprint density at radius 3 is 2.26 bits per heavy atom. The van der Waals surface area contributed by atoms with Crippen LogP contribution in [0.5, 0.6) is 5.75 Å². The normalized spacial score (nSPS) is 11.6. The number of hydrogen-bond acceptors (Lipinski definition) is 7. The van der Waals surface area contributed by atoms with Crippen LogP contribution in [0, 0.1) is 0 Å². The summed E-state index contributed by atoms with van der Waals surface area (Å²) in [5, 5.41) is 22.3. The number of carbonyl (C=O) groups excluding carboxylic acids is 2. The number of ether oxygens (including phenoxy) is 1. The summed E-state index contributed by atoms with van der Waals surface area (Å²) in [4.78, 5) is 23.7. The van der Waals surface area contributed by atoms with E-state index in [9.17, 15) is 14.7 Å². The molecular weight excluding hydrogens is 452 g/mol. The number of nitrogens with zero attached hydrogens (tertiary/aromatic N) is 3. The smallest absolute Gasteiger partial charge is 0.255 e. The molecule has 0 fully saturated rings. The molecule has 0 aliphatic rings. The molecule has 1 atom stereocenters. The van der Waals surface area contributed by atoms with Crippen LogP contribution < -0.4 is 15.2 Å². The van der Waals surface area contributed by atoms with Crippen LogP contribution in [0.1, 0.15) is 17.3 Å². The average molecular weight is 474 g/mol. The highest BCUT2D eigenvalue weighted by atomic mass is 32.2. The fourth-order valence-electron chi connectivity index (χ4n) is 3.20. The summed E-state index contributed by atoms with van der Waals surface area (Å²) in [6.07, 6.45) is 0. The molecule has 0 aliphatic carbocycles. The minimum absolute atomic E-state index is 0.204. The molecule has 0 unspecified atom stereocenters. The molecule has 34 heavy (non-hydrogen) atoms. The van der Waals surface area contributed by atoms with Gasteiger partial charge < -0.3 is 20.0 Å². The van der Waals surface area contributed by atoms with Crippen LogP contribution in [-0.2, 0) is 4.79 Å². The molecule has 172 valence electrons. The lowest BCUT2D eigenvalue weighted by atomic mass is 10.1. The van der Waals surface area contributed by atoms with Gasteiger partial charge in [-0.25, -0.2) is 0 Å². The summed E-state index contributed by atoms with van der Waals surface area (Å²) in [5.74, 6) is -0.174. The van der Waals surface area contributed by atoms with Gasteiger partial charge in [-0.05, 0) is 67.6 Å². The number of carboxylic acid groups (broad SMARTS) is 1. The largest absolute Gasteiger partial charge is 0.549 e. The number of amides is 1. The van der Waals surface area contributed by atoms with Gasteiger partial charge in [0.05, 0.1) is 13.1 Å². The van der Waals surface area contributed by atoms with Crippen molar-refractivity contribution in [3.8, 4) is 22.8 Å². The third-order valence-electron chi connectivity index (χ3n) is 5.02. The zero-order chi connectivity index (χ0) is 24.1.